The number of methoxy groups -OCH3 is 1. The van der Waals surface area contributed by atoms with Crippen molar-refractivity contribution in [1.29, 1.82) is 0 Å². The predicted octanol–water partition coefficient (Wildman–Crippen LogP) is 0.878. The van der Waals surface area contributed by atoms with E-state index in [9.17, 15) is 14.9 Å². The predicted molar refractivity (Wildman–Crippen MR) is 48.5 cm³/mol. The van der Waals surface area contributed by atoms with E-state index in [4.69, 9.17) is 4.42 Å². The van der Waals surface area contributed by atoms with Gasteiger partial charge in [-0.25, -0.2) is 10.2 Å². The lowest BCUT2D eigenvalue weighted by Gasteiger charge is -1.93. The van der Waals surface area contributed by atoms with Crippen LogP contribution in [0.25, 0.3) is 0 Å². The van der Waals surface area contributed by atoms with Crippen LogP contribution in [0.15, 0.2) is 21.7 Å². The van der Waals surface area contributed by atoms with Gasteiger partial charge in [0.1, 0.15) is 4.92 Å². The highest BCUT2D eigenvalue weighted by atomic mass is 16.6. The van der Waals surface area contributed by atoms with Gasteiger partial charge in [-0.1, -0.05) is 0 Å². The number of carbonyl (C=O) groups is 1. The molecule has 1 aromatic rings. The Bertz CT molecular complexity index is 397. The van der Waals surface area contributed by atoms with Crippen LogP contribution in [0.3, 0.4) is 0 Å². The van der Waals surface area contributed by atoms with Crippen molar-refractivity contribution in [1.82, 2.24) is 5.43 Å². The van der Waals surface area contributed by atoms with Crippen LogP contribution in [0.2, 0.25) is 0 Å². The van der Waals surface area contributed by atoms with E-state index in [2.05, 4.69) is 9.84 Å². The van der Waals surface area contributed by atoms with Gasteiger partial charge in [-0.2, -0.15) is 5.10 Å². The molecule has 0 fully saturated rings. The molecule has 0 bridgehead atoms. The minimum atomic E-state index is -0.743. The Morgan fingerprint density at radius 1 is 1.73 bits per heavy atom. The second-order valence-electron chi connectivity index (χ2n) is 2.29. The van der Waals surface area contributed by atoms with E-state index in [1.54, 1.807) is 0 Å². The molecule has 1 aromatic heterocycles. The van der Waals surface area contributed by atoms with Crippen LogP contribution in [0.1, 0.15) is 5.76 Å². The molecule has 0 aromatic carbocycles. The lowest BCUT2D eigenvalue weighted by atomic mass is 10.5. The maximum Gasteiger partial charge on any atom is 0.433 e. The fraction of sp³-hybridized carbons (Fsp3) is 0.143. The van der Waals surface area contributed by atoms with Crippen molar-refractivity contribution in [3.8, 4) is 0 Å². The van der Waals surface area contributed by atoms with Crippen LogP contribution in [-0.4, -0.2) is 24.3 Å². The summed E-state index contributed by atoms with van der Waals surface area (Å²) in [4.78, 5) is 20.1. The number of nitrogens with zero attached hydrogens (tertiary/aromatic N) is 2. The molecule has 1 rings (SSSR count). The summed E-state index contributed by atoms with van der Waals surface area (Å²) < 4.78 is 8.95. The molecule has 0 aliphatic heterocycles. The zero-order valence-electron chi connectivity index (χ0n) is 7.67. The largest absolute Gasteiger partial charge is 0.452 e. The van der Waals surface area contributed by atoms with Gasteiger partial charge in [-0.3, -0.25) is 10.1 Å². The third kappa shape index (κ3) is 3.10. The Balaban J connectivity index is 2.57. The number of nitro groups is 1. The van der Waals surface area contributed by atoms with Gasteiger partial charge in [-0.05, 0) is 6.07 Å². The van der Waals surface area contributed by atoms with Gasteiger partial charge < -0.3 is 9.15 Å². The molecule has 0 saturated heterocycles. The van der Waals surface area contributed by atoms with Gasteiger partial charge in [0, 0.05) is 0 Å². The maximum atomic E-state index is 10.5. The highest BCUT2D eigenvalue weighted by Gasteiger charge is 2.10. The molecule has 0 aliphatic rings. The Hall–Kier alpha value is -2.38. The maximum absolute atomic E-state index is 10.5. The van der Waals surface area contributed by atoms with Crippen LogP contribution in [-0.2, 0) is 4.74 Å². The molecular formula is C7H7N3O5. The third-order valence-corrected chi connectivity index (χ3v) is 1.33. The summed E-state index contributed by atoms with van der Waals surface area (Å²) in [6.07, 6.45) is 0.372. The molecule has 0 aliphatic carbocycles. The molecule has 0 spiro atoms. The quantitative estimate of drug-likeness (QED) is 0.455. The minimum absolute atomic E-state index is 0.151. The Kier molecular flexibility index (Phi) is 3.38. The lowest BCUT2D eigenvalue weighted by molar-refractivity contribution is -0.402. The van der Waals surface area contributed by atoms with Crippen molar-refractivity contribution in [2.24, 2.45) is 5.10 Å². The fourth-order valence-corrected chi connectivity index (χ4v) is 0.704. The third-order valence-electron chi connectivity index (χ3n) is 1.33. The highest BCUT2D eigenvalue weighted by Crippen LogP contribution is 2.13. The molecule has 80 valence electrons. The van der Waals surface area contributed by atoms with Gasteiger partial charge in [0.25, 0.3) is 0 Å². The average Bonchev–Trinajstić information content (AvgIpc) is 2.66. The van der Waals surface area contributed by atoms with Gasteiger partial charge in [0.05, 0.1) is 19.4 Å². The summed E-state index contributed by atoms with van der Waals surface area (Å²) in [5.74, 6) is -0.243. The van der Waals surface area contributed by atoms with Gasteiger partial charge in [-0.15, -0.1) is 0 Å². The summed E-state index contributed by atoms with van der Waals surface area (Å²) in [5, 5.41) is 13.6. The van der Waals surface area contributed by atoms with Crippen LogP contribution < -0.4 is 5.43 Å². The number of hydrazone groups is 1. The first-order valence-electron chi connectivity index (χ1n) is 3.74. The molecule has 0 unspecified atom stereocenters. The van der Waals surface area contributed by atoms with Gasteiger partial charge in [0.2, 0.25) is 0 Å². The summed E-state index contributed by atoms with van der Waals surface area (Å²) >= 11 is 0. The first kappa shape index (κ1) is 10.7. The number of nitrogens with one attached hydrogen (secondary N) is 1. The Morgan fingerprint density at radius 2 is 2.47 bits per heavy atom. The summed E-state index contributed by atoms with van der Waals surface area (Å²) in [6, 6.07) is 2.53. The van der Waals surface area contributed by atoms with Crippen molar-refractivity contribution >= 4 is 18.2 Å². The van der Waals surface area contributed by atoms with Gasteiger partial charge >= 0.3 is 12.0 Å². The van der Waals surface area contributed by atoms with Crippen LogP contribution in [0.4, 0.5) is 10.7 Å². The van der Waals surface area contributed by atoms with Crippen LogP contribution >= 0.6 is 0 Å². The normalized spacial score (nSPS) is 10.2. The smallest absolute Gasteiger partial charge is 0.433 e. The topological polar surface area (TPSA) is 107 Å². The Morgan fingerprint density at radius 3 is 3.00 bits per heavy atom. The summed E-state index contributed by atoms with van der Waals surface area (Å²) in [5.41, 5.74) is 2.00. The molecule has 15 heavy (non-hydrogen) atoms. The first-order valence-corrected chi connectivity index (χ1v) is 3.74. The van der Waals surface area contributed by atoms with E-state index in [0.29, 0.717) is 0 Å². The number of rotatable bonds is 3. The van der Waals surface area contributed by atoms with Crippen molar-refractivity contribution in [2.45, 2.75) is 0 Å². The molecule has 1 N–H and O–H groups in total. The van der Waals surface area contributed by atoms with Crippen molar-refractivity contribution in [2.75, 3.05) is 7.11 Å². The second kappa shape index (κ2) is 4.74. The number of ether oxygens (including phenoxy) is 1. The minimum Gasteiger partial charge on any atom is -0.452 e. The van der Waals surface area contributed by atoms with E-state index in [1.165, 1.54) is 19.2 Å². The zero-order valence-corrected chi connectivity index (χ0v) is 7.67. The molecule has 8 heteroatoms. The molecule has 0 atom stereocenters. The van der Waals surface area contributed by atoms with Crippen molar-refractivity contribution in [3.63, 3.8) is 0 Å². The number of amides is 1. The number of carbonyl (C=O) groups excluding carboxylic acids is 1. The van der Waals surface area contributed by atoms with Crippen molar-refractivity contribution in [3.05, 3.63) is 28.0 Å². The Labute approximate surface area is 83.7 Å². The van der Waals surface area contributed by atoms with Crippen LogP contribution in [0, 0.1) is 10.1 Å². The average molecular weight is 213 g/mol. The molecular weight excluding hydrogens is 206 g/mol. The van der Waals surface area contributed by atoms with E-state index >= 15 is 0 Å². The first-order chi connectivity index (χ1) is 7.13. The molecule has 0 radical (unpaired) electrons. The van der Waals surface area contributed by atoms with E-state index in [0.717, 1.165) is 6.21 Å². The molecule has 0 saturated carbocycles. The number of furan rings is 1. The highest BCUT2D eigenvalue weighted by molar-refractivity contribution is 5.77. The molecule has 8 nitrogen and oxygen atoms in total. The standard InChI is InChI=1S/C7H7N3O5/c1-14-7(11)9-8-4-5-2-3-6(15-5)10(12)13/h2-4H,1H3,(H,9,11). The molecule has 1 heterocycles. The van der Waals surface area contributed by atoms with Crippen molar-refractivity contribution < 1.29 is 18.9 Å². The van der Waals surface area contributed by atoms with Gasteiger partial charge in [0.15, 0.2) is 5.76 Å². The van der Waals surface area contributed by atoms with E-state index in [-0.39, 0.29) is 5.76 Å². The zero-order chi connectivity index (χ0) is 11.3. The summed E-state index contributed by atoms with van der Waals surface area (Å²) in [6.45, 7) is 0. The van der Waals surface area contributed by atoms with E-state index in [1.807, 2.05) is 5.43 Å². The fourth-order valence-electron chi connectivity index (χ4n) is 0.704. The number of hydrogen-bond donors (Lipinski definition) is 1. The number of hydrogen-bond acceptors (Lipinski definition) is 6. The SMILES string of the molecule is COC(=O)NN=Cc1ccc([N+](=O)[O-])o1. The second-order valence-corrected chi connectivity index (χ2v) is 2.29. The monoisotopic (exact) mass is 213 g/mol. The van der Waals surface area contributed by atoms with E-state index < -0.39 is 16.9 Å². The lowest BCUT2D eigenvalue weighted by Crippen LogP contribution is -2.16. The summed E-state index contributed by atoms with van der Waals surface area (Å²) in [7, 11) is 1.18. The van der Waals surface area contributed by atoms with Crippen LogP contribution in [0.5, 0.6) is 0 Å². The molecule has 1 amide bonds.